The Morgan fingerprint density at radius 1 is 1.20 bits per heavy atom. The average Bonchev–Trinajstić information content (AvgIpc) is 3.19. The number of hydrogen-bond acceptors (Lipinski definition) is 3. The summed E-state index contributed by atoms with van der Waals surface area (Å²) in [6.45, 7) is 10.5. The monoisotopic (exact) mass is 410 g/mol. The summed E-state index contributed by atoms with van der Waals surface area (Å²) < 4.78 is 5.23. The second-order valence-corrected chi connectivity index (χ2v) is 11.4. The molecule has 2 atom stereocenters. The molecule has 2 aliphatic carbocycles. The molecule has 2 saturated heterocycles. The van der Waals surface area contributed by atoms with Crippen LogP contribution in [0.2, 0.25) is 0 Å². The van der Waals surface area contributed by atoms with Gasteiger partial charge in [-0.3, -0.25) is 4.79 Å². The Morgan fingerprint density at radius 2 is 1.93 bits per heavy atom. The number of nitrogens with zero attached hydrogens (tertiary/aromatic N) is 1. The number of rotatable bonds is 2. The summed E-state index contributed by atoms with van der Waals surface area (Å²) in [6, 6.07) is 9.13. The number of ether oxygens (including phenoxy) is 1. The van der Waals surface area contributed by atoms with Crippen LogP contribution in [0, 0.1) is 11.3 Å². The van der Waals surface area contributed by atoms with E-state index in [-0.39, 0.29) is 35.0 Å². The molecule has 0 bridgehead atoms. The third-order valence-electron chi connectivity index (χ3n) is 8.27. The molecule has 2 unspecified atom stereocenters. The van der Waals surface area contributed by atoms with Crippen molar-refractivity contribution in [3.8, 4) is 0 Å². The van der Waals surface area contributed by atoms with Crippen LogP contribution in [-0.4, -0.2) is 41.6 Å². The molecule has 5 heteroatoms. The molecule has 1 aromatic rings. The molecule has 2 saturated carbocycles. The van der Waals surface area contributed by atoms with Crippen LogP contribution in [0.15, 0.2) is 24.3 Å². The number of alkyl carbamates (subject to hydrolysis) is 1. The van der Waals surface area contributed by atoms with Crippen molar-refractivity contribution in [2.75, 3.05) is 13.1 Å². The topological polar surface area (TPSA) is 58.6 Å². The van der Waals surface area contributed by atoms with Crippen LogP contribution < -0.4 is 5.32 Å². The summed E-state index contributed by atoms with van der Waals surface area (Å²) in [6.07, 6.45) is 4.58. The highest BCUT2D eigenvalue weighted by atomic mass is 16.6. The molecule has 2 spiro atoms. The van der Waals surface area contributed by atoms with Crippen molar-refractivity contribution >= 4 is 12.0 Å². The number of nitrogens with one attached hydrogen (secondary N) is 1. The standard InChI is InChI=1S/C25H34N2O3/c1-16-25(26-22(29)30-16)12-19(13-25)21(28)27-14-24(15-27)9-8-18(11-24)17-6-5-7-20(10-17)23(2,3)4/h5-7,10,16,18-19H,8-9,11-15H2,1-4H3,(H,26,29)/t16?,18?,19-,25+. The molecule has 4 fully saturated rings. The fourth-order valence-electron chi connectivity index (χ4n) is 6.25. The maximum atomic E-state index is 13.0. The number of likely N-dealkylation sites (tertiary alicyclic amines) is 1. The SMILES string of the molecule is CC1OC(=O)N[C@]12C[C@@H](C(=O)N1CC3(CCC(c4cccc(C(C)(C)C)c4)C3)C1)C2. The summed E-state index contributed by atoms with van der Waals surface area (Å²) in [5.74, 6) is 0.925. The van der Waals surface area contributed by atoms with Gasteiger partial charge in [-0.25, -0.2) is 4.79 Å². The first-order valence-corrected chi connectivity index (χ1v) is 11.5. The molecule has 1 N–H and O–H groups in total. The van der Waals surface area contributed by atoms with Crippen LogP contribution in [0.5, 0.6) is 0 Å². The fraction of sp³-hybridized carbons (Fsp3) is 0.680. The van der Waals surface area contributed by atoms with E-state index in [1.165, 1.54) is 30.4 Å². The number of hydrogen-bond donors (Lipinski definition) is 1. The van der Waals surface area contributed by atoms with Gasteiger partial charge in [-0.1, -0.05) is 45.0 Å². The van der Waals surface area contributed by atoms with E-state index in [2.05, 4.69) is 55.3 Å². The molecule has 2 aliphatic heterocycles. The van der Waals surface area contributed by atoms with Gasteiger partial charge in [-0.05, 0) is 61.5 Å². The highest BCUT2D eigenvalue weighted by Gasteiger charge is 2.59. The zero-order valence-electron chi connectivity index (χ0n) is 18.7. The molecular weight excluding hydrogens is 376 g/mol. The number of carbonyl (C=O) groups excluding carboxylic acids is 2. The summed E-state index contributed by atoms with van der Waals surface area (Å²) >= 11 is 0. The first-order valence-electron chi connectivity index (χ1n) is 11.5. The lowest BCUT2D eigenvalue weighted by atomic mass is 9.64. The highest BCUT2D eigenvalue weighted by Crippen LogP contribution is 2.53. The van der Waals surface area contributed by atoms with E-state index < -0.39 is 0 Å². The number of benzene rings is 1. The van der Waals surface area contributed by atoms with E-state index in [0.29, 0.717) is 24.2 Å². The number of carbonyl (C=O) groups is 2. The highest BCUT2D eigenvalue weighted by molar-refractivity contribution is 5.82. The van der Waals surface area contributed by atoms with Crippen LogP contribution in [-0.2, 0) is 14.9 Å². The maximum Gasteiger partial charge on any atom is 0.408 e. The first kappa shape index (κ1) is 19.9. The number of cyclic esters (lactones) is 1. The Labute approximate surface area is 179 Å². The van der Waals surface area contributed by atoms with Crippen molar-refractivity contribution in [2.45, 2.75) is 82.8 Å². The minimum Gasteiger partial charge on any atom is -0.444 e. The van der Waals surface area contributed by atoms with Gasteiger partial charge in [-0.2, -0.15) is 0 Å². The van der Waals surface area contributed by atoms with Gasteiger partial charge in [0, 0.05) is 24.4 Å². The van der Waals surface area contributed by atoms with Gasteiger partial charge in [0.25, 0.3) is 0 Å². The molecule has 1 aromatic carbocycles. The smallest absolute Gasteiger partial charge is 0.408 e. The number of amides is 2. The van der Waals surface area contributed by atoms with Gasteiger partial charge in [0.05, 0.1) is 5.54 Å². The molecule has 2 heterocycles. The second-order valence-electron chi connectivity index (χ2n) is 11.4. The van der Waals surface area contributed by atoms with Crippen LogP contribution in [0.3, 0.4) is 0 Å². The van der Waals surface area contributed by atoms with Gasteiger partial charge in [0.1, 0.15) is 6.10 Å². The molecule has 162 valence electrons. The minimum atomic E-state index is -0.344. The van der Waals surface area contributed by atoms with Gasteiger partial charge in [0.2, 0.25) is 5.91 Å². The van der Waals surface area contributed by atoms with E-state index in [9.17, 15) is 9.59 Å². The quantitative estimate of drug-likeness (QED) is 0.788. The predicted molar refractivity (Wildman–Crippen MR) is 115 cm³/mol. The van der Waals surface area contributed by atoms with Gasteiger partial charge < -0.3 is 15.0 Å². The van der Waals surface area contributed by atoms with Gasteiger partial charge >= 0.3 is 6.09 Å². The Balaban J connectivity index is 1.17. The van der Waals surface area contributed by atoms with Crippen LogP contribution in [0.4, 0.5) is 4.79 Å². The van der Waals surface area contributed by atoms with E-state index in [1.807, 2.05) is 6.92 Å². The van der Waals surface area contributed by atoms with E-state index in [4.69, 9.17) is 4.74 Å². The summed E-state index contributed by atoms with van der Waals surface area (Å²) in [7, 11) is 0. The fourth-order valence-corrected chi connectivity index (χ4v) is 6.25. The predicted octanol–water partition coefficient (Wildman–Crippen LogP) is 4.36. The van der Waals surface area contributed by atoms with Gasteiger partial charge in [0.15, 0.2) is 0 Å². The lowest BCUT2D eigenvalue weighted by Crippen LogP contribution is -2.64. The normalized spacial score (nSPS) is 34.5. The molecule has 5 rings (SSSR count). The molecule has 0 radical (unpaired) electrons. The molecule has 30 heavy (non-hydrogen) atoms. The summed E-state index contributed by atoms with van der Waals surface area (Å²) in [5.41, 5.74) is 3.06. The summed E-state index contributed by atoms with van der Waals surface area (Å²) in [4.78, 5) is 26.5. The van der Waals surface area contributed by atoms with Crippen molar-refractivity contribution in [3.05, 3.63) is 35.4 Å². The van der Waals surface area contributed by atoms with Crippen LogP contribution >= 0.6 is 0 Å². The largest absolute Gasteiger partial charge is 0.444 e. The van der Waals surface area contributed by atoms with E-state index >= 15 is 0 Å². The third kappa shape index (κ3) is 3.12. The molecular formula is C25H34N2O3. The third-order valence-corrected chi connectivity index (χ3v) is 8.27. The Bertz CT molecular complexity index is 875. The van der Waals surface area contributed by atoms with Crippen molar-refractivity contribution in [1.29, 1.82) is 0 Å². The van der Waals surface area contributed by atoms with Crippen molar-refractivity contribution in [2.24, 2.45) is 11.3 Å². The van der Waals surface area contributed by atoms with E-state index in [0.717, 1.165) is 13.1 Å². The summed E-state index contributed by atoms with van der Waals surface area (Å²) in [5, 5.41) is 2.93. The molecule has 2 amide bonds. The second kappa shape index (κ2) is 6.48. The first-order chi connectivity index (χ1) is 14.1. The molecule has 5 nitrogen and oxygen atoms in total. The molecule has 0 aromatic heterocycles. The average molecular weight is 411 g/mol. The zero-order valence-corrected chi connectivity index (χ0v) is 18.7. The van der Waals surface area contributed by atoms with Crippen LogP contribution in [0.25, 0.3) is 0 Å². The van der Waals surface area contributed by atoms with Crippen molar-refractivity contribution < 1.29 is 14.3 Å². The van der Waals surface area contributed by atoms with E-state index in [1.54, 1.807) is 0 Å². The lowest BCUT2D eigenvalue weighted by molar-refractivity contribution is -0.154. The minimum absolute atomic E-state index is 0.0347. The van der Waals surface area contributed by atoms with Gasteiger partial charge in [-0.15, -0.1) is 0 Å². The zero-order chi connectivity index (χ0) is 21.3. The molecule has 4 aliphatic rings. The maximum absolute atomic E-state index is 13.0. The Morgan fingerprint density at radius 3 is 2.57 bits per heavy atom. The van der Waals surface area contributed by atoms with Crippen LogP contribution in [0.1, 0.15) is 76.8 Å². The van der Waals surface area contributed by atoms with Crippen molar-refractivity contribution in [3.63, 3.8) is 0 Å². The van der Waals surface area contributed by atoms with Crippen molar-refractivity contribution in [1.82, 2.24) is 10.2 Å². The lowest BCUT2D eigenvalue weighted by Gasteiger charge is -2.53. The Kier molecular flexibility index (Phi) is 4.30. The Hall–Kier alpha value is -2.04.